The number of aromatic nitrogens is 3. The van der Waals surface area contributed by atoms with Crippen molar-refractivity contribution >= 4 is 22.7 Å². The van der Waals surface area contributed by atoms with Gasteiger partial charge in [0.2, 0.25) is 5.78 Å². The summed E-state index contributed by atoms with van der Waals surface area (Å²) in [6.07, 6.45) is -4.47. The van der Waals surface area contributed by atoms with Crippen LogP contribution in [0.4, 0.5) is 13.2 Å². The number of nitrogens with one attached hydrogen (secondary N) is 1. The number of aryl methyl sites for hydroxylation is 2. The number of nitrogens with zero attached hydrogens (tertiary/aromatic N) is 2. The summed E-state index contributed by atoms with van der Waals surface area (Å²) in [4.78, 5) is 44.0. The van der Waals surface area contributed by atoms with Gasteiger partial charge in [0.25, 0.3) is 5.56 Å². The predicted molar refractivity (Wildman–Crippen MR) is 126 cm³/mol. The molecular formula is C26H22F3N3O4. The molecule has 0 atom stereocenters. The maximum atomic E-state index is 13.1. The monoisotopic (exact) mass is 497 g/mol. The molecule has 2 heterocycles. The fraction of sp³-hybridized carbons (Fsp3) is 0.231. The molecule has 0 amide bonds. The molecule has 2 aromatic heterocycles. The summed E-state index contributed by atoms with van der Waals surface area (Å²) in [6, 6.07) is 13.2. The van der Waals surface area contributed by atoms with Crippen molar-refractivity contribution in [3.63, 3.8) is 0 Å². The Kier molecular flexibility index (Phi) is 6.78. The van der Waals surface area contributed by atoms with Crippen LogP contribution in [-0.2, 0) is 22.1 Å². The molecule has 0 unspecified atom stereocenters. The van der Waals surface area contributed by atoms with Crippen molar-refractivity contribution in [3.8, 4) is 5.69 Å². The van der Waals surface area contributed by atoms with Gasteiger partial charge in [-0.15, -0.1) is 0 Å². The Labute approximate surface area is 203 Å². The van der Waals surface area contributed by atoms with E-state index in [0.717, 1.165) is 12.1 Å². The van der Waals surface area contributed by atoms with E-state index in [2.05, 4.69) is 9.97 Å². The Bertz CT molecular complexity index is 1520. The van der Waals surface area contributed by atoms with Crippen molar-refractivity contribution in [2.24, 2.45) is 0 Å². The summed E-state index contributed by atoms with van der Waals surface area (Å²) < 4.78 is 46.0. The van der Waals surface area contributed by atoms with Crippen LogP contribution in [0.3, 0.4) is 0 Å². The van der Waals surface area contributed by atoms with Crippen LogP contribution in [0.25, 0.3) is 16.6 Å². The third kappa shape index (κ3) is 5.22. The van der Waals surface area contributed by atoms with Crippen LogP contribution in [0.1, 0.15) is 39.6 Å². The van der Waals surface area contributed by atoms with Gasteiger partial charge in [0, 0.05) is 29.1 Å². The number of carbonyl (C=O) groups excluding carboxylic acids is 2. The third-order valence-electron chi connectivity index (χ3n) is 5.76. The molecule has 0 aliphatic carbocycles. The fourth-order valence-corrected chi connectivity index (χ4v) is 4.03. The van der Waals surface area contributed by atoms with E-state index in [1.807, 2.05) is 0 Å². The number of aromatic amines is 1. The fourth-order valence-electron chi connectivity index (χ4n) is 4.03. The van der Waals surface area contributed by atoms with Crippen molar-refractivity contribution in [3.05, 3.63) is 93.3 Å². The van der Waals surface area contributed by atoms with Gasteiger partial charge >= 0.3 is 12.1 Å². The Balaban J connectivity index is 1.41. The molecule has 0 saturated carbocycles. The van der Waals surface area contributed by atoms with Crippen LogP contribution >= 0.6 is 0 Å². The smallest absolute Gasteiger partial charge is 0.416 e. The van der Waals surface area contributed by atoms with Crippen LogP contribution in [0.5, 0.6) is 0 Å². The maximum Gasteiger partial charge on any atom is 0.416 e. The molecular weight excluding hydrogens is 475 g/mol. The zero-order valence-electron chi connectivity index (χ0n) is 19.5. The topological polar surface area (TPSA) is 94.1 Å². The summed E-state index contributed by atoms with van der Waals surface area (Å²) in [5.41, 5.74) is 0.924. The largest absolute Gasteiger partial charge is 0.457 e. The second-order valence-corrected chi connectivity index (χ2v) is 8.28. The van der Waals surface area contributed by atoms with Crippen LogP contribution in [0.15, 0.2) is 59.4 Å². The second kappa shape index (κ2) is 9.80. The van der Waals surface area contributed by atoms with Gasteiger partial charge in [-0.05, 0) is 50.2 Å². The lowest BCUT2D eigenvalue weighted by Gasteiger charge is -2.13. The van der Waals surface area contributed by atoms with E-state index in [4.69, 9.17) is 4.74 Å². The minimum atomic E-state index is -4.49. The van der Waals surface area contributed by atoms with Gasteiger partial charge in [-0.3, -0.25) is 14.4 Å². The number of para-hydroxylation sites is 1. The molecule has 2 aromatic carbocycles. The van der Waals surface area contributed by atoms with E-state index in [1.54, 1.807) is 48.7 Å². The van der Waals surface area contributed by atoms with Crippen LogP contribution in [0.2, 0.25) is 0 Å². The summed E-state index contributed by atoms with van der Waals surface area (Å²) >= 11 is 0. The zero-order valence-corrected chi connectivity index (χ0v) is 19.5. The molecule has 10 heteroatoms. The highest BCUT2D eigenvalue weighted by Gasteiger charge is 2.31. The average Bonchev–Trinajstić information content (AvgIpc) is 3.14. The average molecular weight is 497 g/mol. The SMILES string of the molecule is Cc1cc(C(=O)COC(=O)CCc2nc3ccccc3c(=O)[nH]2)c(C)n1-c1cccc(C(F)(F)F)c1. The number of rotatable bonds is 7. The number of alkyl halides is 3. The van der Waals surface area contributed by atoms with E-state index < -0.39 is 30.1 Å². The van der Waals surface area contributed by atoms with Crippen molar-refractivity contribution in [2.45, 2.75) is 32.9 Å². The van der Waals surface area contributed by atoms with Gasteiger partial charge in [0.05, 0.1) is 22.9 Å². The van der Waals surface area contributed by atoms with Crippen LogP contribution in [-0.4, -0.2) is 32.9 Å². The molecule has 7 nitrogen and oxygen atoms in total. The molecule has 1 N–H and O–H groups in total. The van der Waals surface area contributed by atoms with Crippen molar-refractivity contribution in [2.75, 3.05) is 6.61 Å². The number of fused-ring (bicyclic) bond motifs is 1. The zero-order chi connectivity index (χ0) is 26.0. The van der Waals surface area contributed by atoms with E-state index in [9.17, 15) is 27.6 Å². The number of Topliss-reactive ketones (excluding diaryl/α,β-unsaturated/α-hetero) is 1. The molecule has 0 aliphatic heterocycles. The Morgan fingerprint density at radius 2 is 1.81 bits per heavy atom. The van der Waals surface area contributed by atoms with Crippen molar-refractivity contribution in [1.29, 1.82) is 0 Å². The van der Waals surface area contributed by atoms with E-state index in [-0.39, 0.29) is 29.7 Å². The second-order valence-electron chi connectivity index (χ2n) is 8.28. The lowest BCUT2D eigenvalue weighted by molar-refractivity contribution is -0.142. The van der Waals surface area contributed by atoms with Crippen molar-refractivity contribution in [1.82, 2.24) is 14.5 Å². The number of ketones is 1. The Hall–Kier alpha value is -4.21. The third-order valence-corrected chi connectivity index (χ3v) is 5.76. The highest BCUT2D eigenvalue weighted by molar-refractivity contribution is 5.99. The minimum absolute atomic E-state index is 0.0994. The number of halogens is 3. The molecule has 0 saturated heterocycles. The maximum absolute atomic E-state index is 13.1. The highest BCUT2D eigenvalue weighted by atomic mass is 19.4. The molecule has 0 bridgehead atoms. The van der Waals surface area contributed by atoms with Gasteiger partial charge in [0.1, 0.15) is 5.82 Å². The predicted octanol–water partition coefficient (Wildman–Crippen LogP) is 4.71. The van der Waals surface area contributed by atoms with Gasteiger partial charge in [-0.1, -0.05) is 18.2 Å². The Morgan fingerprint density at radius 3 is 2.56 bits per heavy atom. The molecule has 0 spiro atoms. The quantitative estimate of drug-likeness (QED) is 0.295. The Morgan fingerprint density at radius 1 is 1.06 bits per heavy atom. The van der Waals surface area contributed by atoms with Crippen LogP contribution < -0.4 is 5.56 Å². The molecule has 0 fully saturated rings. The van der Waals surface area contributed by atoms with Gasteiger partial charge in [-0.2, -0.15) is 13.2 Å². The van der Waals surface area contributed by atoms with E-state index in [1.165, 1.54) is 12.1 Å². The molecule has 4 aromatic rings. The first-order chi connectivity index (χ1) is 17.0. The number of esters is 1. The van der Waals surface area contributed by atoms with E-state index >= 15 is 0 Å². The molecule has 36 heavy (non-hydrogen) atoms. The first-order valence-electron chi connectivity index (χ1n) is 11.1. The number of hydrogen-bond donors (Lipinski definition) is 1. The van der Waals surface area contributed by atoms with Crippen LogP contribution in [0, 0.1) is 13.8 Å². The molecule has 4 rings (SSSR count). The first-order valence-corrected chi connectivity index (χ1v) is 11.1. The summed E-state index contributed by atoms with van der Waals surface area (Å²) in [7, 11) is 0. The number of H-pyrrole nitrogens is 1. The number of ether oxygens (including phenoxy) is 1. The molecule has 0 radical (unpaired) electrons. The number of carbonyl (C=O) groups is 2. The minimum Gasteiger partial charge on any atom is -0.457 e. The number of hydrogen-bond acceptors (Lipinski definition) is 5. The van der Waals surface area contributed by atoms with Crippen molar-refractivity contribution < 1.29 is 27.5 Å². The number of benzene rings is 2. The first kappa shape index (κ1) is 24.9. The van der Waals surface area contributed by atoms with Gasteiger partial charge < -0.3 is 14.3 Å². The standard InChI is InChI=1S/C26H22F3N3O4/c1-15-12-20(16(2)32(15)18-7-5-6-17(13-18)26(27,28)29)22(33)14-36-24(34)11-10-23-30-21-9-4-3-8-19(21)25(35)31-23/h3-9,12-13H,10-11,14H2,1-2H3,(H,30,31,35). The van der Waals surface area contributed by atoms with Gasteiger partial charge in [-0.25, -0.2) is 4.98 Å². The molecule has 186 valence electrons. The lowest BCUT2D eigenvalue weighted by atomic mass is 10.1. The summed E-state index contributed by atoms with van der Waals surface area (Å²) in [5, 5.41) is 0.442. The lowest BCUT2D eigenvalue weighted by Crippen LogP contribution is -2.17. The summed E-state index contributed by atoms with van der Waals surface area (Å²) in [6.45, 7) is 2.77. The molecule has 0 aliphatic rings. The van der Waals surface area contributed by atoms with Gasteiger partial charge in [0.15, 0.2) is 6.61 Å². The normalized spacial score (nSPS) is 11.6. The highest BCUT2D eigenvalue weighted by Crippen LogP contribution is 2.31. The van der Waals surface area contributed by atoms with E-state index in [0.29, 0.717) is 28.1 Å². The summed E-state index contributed by atoms with van der Waals surface area (Å²) in [5.74, 6) is -0.802.